The number of rotatable bonds is 4. The molecule has 0 atom stereocenters. The molecular formula is C14H18N4. The summed E-state index contributed by atoms with van der Waals surface area (Å²) >= 11 is 0. The molecule has 0 aliphatic heterocycles. The highest BCUT2D eigenvalue weighted by Gasteiger charge is 2.26. The third-order valence-electron chi connectivity index (χ3n) is 3.31. The maximum atomic E-state index is 4.62. The Bertz CT molecular complexity index is 555. The molecule has 1 saturated carbocycles. The van der Waals surface area contributed by atoms with Crippen LogP contribution in [0.25, 0.3) is 5.82 Å². The lowest BCUT2D eigenvalue weighted by atomic mass is 10.2. The Morgan fingerprint density at radius 2 is 2.28 bits per heavy atom. The molecule has 2 heterocycles. The molecule has 1 fully saturated rings. The van der Waals surface area contributed by atoms with Gasteiger partial charge in [0.2, 0.25) is 0 Å². The fourth-order valence-corrected chi connectivity index (χ4v) is 2.22. The minimum Gasteiger partial charge on any atom is -0.316 e. The summed E-state index contributed by atoms with van der Waals surface area (Å²) < 4.78 is 1.89. The molecule has 0 bridgehead atoms. The summed E-state index contributed by atoms with van der Waals surface area (Å²) in [6.45, 7) is 2.93. The third kappa shape index (κ3) is 2.16. The number of hydrogen-bond acceptors (Lipinski definition) is 3. The minimum atomic E-state index is 0.690. The van der Waals surface area contributed by atoms with Crippen LogP contribution < -0.4 is 5.32 Å². The van der Waals surface area contributed by atoms with Gasteiger partial charge in [-0.2, -0.15) is 5.10 Å². The molecule has 0 aromatic carbocycles. The van der Waals surface area contributed by atoms with Crippen molar-refractivity contribution in [1.29, 1.82) is 0 Å². The lowest BCUT2D eigenvalue weighted by molar-refractivity contribution is 0.786. The van der Waals surface area contributed by atoms with Crippen LogP contribution in [0.15, 0.2) is 24.5 Å². The first kappa shape index (κ1) is 11.4. The zero-order valence-corrected chi connectivity index (χ0v) is 10.8. The number of hydrogen-bond donors (Lipinski definition) is 1. The van der Waals surface area contributed by atoms with Crippen LogP contribution in [0.2, 0.25) is 0 Å². The molecule has 4 heteroatoms. The fraction of sp³-hybridized carbons (Fsp3) is 0.429. The first-order chi connectivity index (χ1) is 8.78. The highest BCUT2D eigenvalue weighted by atomic mass is 15.3. The van der Waals surface area contributed by atoms with Crippen molar-refractivity contribution in [2.24, 2.45) is 0 Å². The third-order valence-corrected chi connectivity index (χ3v) is 3.31. The Balaban J connectivity index is 1.90. The van der Waals surface area contributed by atoms with E-state index in [-0.39, 0.29) is 0 Å². The molecule has 1 N–H and O–H groups in total. The summed E-state index contributed by atoms with van der Waals surface area (Å²) in [5.41, 5.74) is 3.57. The van der Waals surface area contributed by atoms with Crippen LogP contribution in [0.4, 0.5) is 0 Å². The molecule has 3 rings (SSSR count). The van der Waals surface area contributed by atoms with Gasteiger partial charge >= 0.3 is 0 Å². The van der Waals surface area contributed by atoms with E-state index in [4.69, 9.17) is 0 Å². The van der Waals surface area contributed by atoms with Crippen molar-refractivity contribution in [2.45, 2.75) is 32.2 Å². The first-order valence-electron chi connectivity index (χ1n) is 6.44. The van der Waals surface area contributed by atoms with E-state index in [1.54, 1.807) is 0 Å². The Kier molecular flexibility index (Phi) is 2.88. The highest BCUT2D eigenvalue weighted by Crippen LogP contribution is 2.39. The predicted molar refractivity (Wildman–Crippen MR) is 70.8 cm³/mol. The second-order valence-corrected chi connectivity index (χ2v) is 4.97. The van der Waals surface area contributed by atoms with E-state index in [2.05, 4.69) is 34.5 Å². The standard InChI is InChI=1S/C14H18N4/c1-10-7-11(8-15-2)9-16-14(10)18-6-5-13(17-18)12-3-4-12/h5-7,9,12,15H,3-4,8H2,1-2H3. The van der Waals surface area contributed by atoms with Crippen molar-refractivity contribution in [1.82, 2.24) is 20.1 Å². The summed E-state index contributed by atoms with van der Waals surface area (Å²) in [7, 11) is 1.94. The zero-order valence-electron chi connectivity index (χ0n) is 10.8. The molecule has 2 aromatic heterocycles. The number of aryl methyl sites for hydroxylation is 1. The fourth-order valence-electron chi connectivity index (χ4n) is 2.22. The largest absolute Gasteiger partial charge is 0.316 e. The van der Waals surface area contributed by atoms with Crippen molar-refractivity contribution in [3.63, 3.8) is 0 Å². The van der Waals surface area contributed by atoms with Gasteiger partial charge in [-0.1, -0.05) is 0 Å². The van der Waals surface area contributed by atoms with Crippen LogP contribution in [0.3, 0.4) is 0 Å². The van der Waals surface area contributed by atoms with E-state index >= 15 is 0 Å². The van der Waals surface area contributed by atoms with Crippen molar-refractivity contribution < 1.29 is 0 Å². The van der Waals surface area contributed by atoms with Crippen molar-refractivity contribution in [3.05, 3.63) is 41.3 Å². The van der Waals surface area contributed by atoms with Gasteiger partial charge in [-0.25, -0.2) is 9.67 Å². The minimum absolute atomic E-state index is 0.690. The number of nitrogens with zero attached hydrogens (tertiary/aromatic N) is 3. The molecule has 0 spiro atoms. The molecular weight excluding hydrogens is 224 g/mol. The summed E-state index contributed by atoms with van der Waals surface area (Å²) in [5, 5.41) is 7.75. The molecule has 0 amide bonds. The second-order valence-electron chi connectivity index (χ2n) is 4.97. The Morgan fingerprint density at radius 1 is 1.44 bits per heavy atom. The lowest BCUT2D eigenvalue weighted by Crippen LogP contribution is -2.08. The van der Waals surface area contributed by atoms with E-state index in [1.165, 1.54) is 24.1 Å². The van der Waals surface area contributed by atoms with Crippen LogP contribution in [0, 0.1) is 6.92 Å². The van der Waals surface area contributed by atoms with Gasteiger partial charge < -0.3 is 5.32 Å². The maximum absolute atomic E-state index is 4.62. The maximum Gasteiger partial charge on any atom is 0.156 e. The number of nitrogens with one attached hydrogen (secondary N) is 1. The SMILES string of the molecule is CNCc1cnc(-n2ccc(C3CC3)n2)c(C)c1. The zero-order chi connectivity index (χ0) is 12.5. The van der Waals surface area contributed by atoms with Gasteiger partial charge in [0, 0.05) is 24.9 Å². The highest BCUT2D eigenvalue weighted by molar-refractivity contribution is 5.35. The van der Waals surface area contributed by atoms with Gasteiger partial charge in [0.1, 0.15) is 0 Å². The van der Waals surface area contributed by atoms with E-state index < -0.39 is 0 Å². The van der Waals surface area contributed by atoms with Crippen LogP contribution in [-0.4, -0.2) is 21.8 Å². The van der Waals surface area contributed by atoms with Gasteiger partial charge in [-0.05, 0) is 50.1 Å². The molecule has 1 aliphatic carbocycles. The molecule has 18 heavy (non-hydrogen) atoms. The van der Waals surface area contributed by atoms with Gasteiger partial charge in [0.15, 0.2) is 5.82 Å². The van der Waals surface area contributed by atoms with E-state index in [1.807, 2.05) is 24.1 Å². The summed E-state index contributed by atoms with van der Waals surface area (Å²) in [5.74, 6) is 1.62. The molecule has 0 saturated heterocycles. The topological polar surface area (TPSA) is 42.7 Å². The monoisotopic (exact) mass is 242 g/mol. The molecule has 0 unspecified atom stereocenters. The van der Waals surface area contributed by atoms with Crippen molar-refractivity contribution in [2.75, 3.05) is 7.05 Å². The Labute approximate surface area is 107 Å². The Hall–Kier alpha value is -1.68. The van der Waals surface area contributed by atoms with Crippen LogP contribution in [0.1, 0.15) is 35.6 Å². The molecule has 0 radical (unpaired) electrons. The van der Waals surface area contributed by atoms with Gasteiger partial charge in [-0.15, -0.1) is 0 Å². The summed E-state index contributed by atoms with van der Waals surface area (Å²) in [6.07, 6.45) is 6.49. The van der Waals surface area contributed by atoms with Gasteiger partial charge in [-0.3, -0.25) is 0 Å². The van der Waals surface area contributed by atoms with Crippen molar-refractivity contribution >= 4 is 0 Å². The predicted octanol–water partition coefficient (Wildman–Crippen LogP) is 2.17. The van der Waals surface area contributed by atoms with Crippen LogP contribution in [-0.2, 0) is 6.54 Å². The van der Waals surface area contributed by atoms with E-state index in [0.717, 1.165) is 17.9 Å². The molecule has 2 aromatic rings. The summed E-state index contributed by atoms with van der Waals surface area (Å²) in [4.78, 5) is 4.52. The van der Waals surface area contributed by atoms with Crippen LogP contribution >= 0.6 is 0 Å². The van der Waals surface area contributed by atoms with Crippen molar-refractivity contribution in [3.8, 4) is 5.82 Å². The van der Waals surface area contributed by atoms with Crippen LogP contribution in [0.5, 0.6) is 0 Å². The smallest absolute Gasteiger partial charge is 0.156 e. The van der Waals surface area contributed by atoms with E-state index in [9.17, 15) is 0 Å². The molecule has 4 nitrogen and oxygen atoms in total. The molecule has 94 valence electrons. The average molecular weight is 242 g/mol. The van der Waals surface area contributed by atoms with E-state index in [0.29, 0.717) is 5.92 Å². The Morgan fingerprint density at radius 3 is 2.94 bits per heavy atom. The normalized spacial score (nSPS) is 15.0. The average Bonchev–Trinajstić information content (AvgIpc) is 3.09. The number of pyridine rings is 1. The quantitative estimate of drug-likeness (QED) is 0.893. The molecule has 1 aliphatic rings. The number of aromatic nitrogens is 3. The summed E-state index contributed by atoms with van der Waals surface area (Å²) in [6, 6.07) is 4.28. The van der Waals surface area contributed by atoms with Gasteiger partial charge in [0.25, 0.3) is 0 Å². The second kappa shape index (κ2) is 4.53. The first-order valence-corrected chi connectivity index (χ1v) is 6.44. The van der Waals surface area contributed by atoms with Gasteiger partial charge in [0.05, 0.1) is 5.69 Å². The lowest BCUT2D eigenvalue weighted by Gasteiger charge is -2.07.